The Labute approximate surface area is 126 Å². The van der Waals surface area contributed by atoms with Crippen molar-refractivity contribution in [2.45, 2.75) is 9.96 Å². The van der Waals surface area contributed by atoms with Gasteiger partial charge in [-0.15, -0.1) is 23.1 Å². The molecular formula is C13H9ClN2O2S2. The predicted molar refractivity (Wildman–Crippen MR) is 84.1 cm³/mol. The van der Waals surface area contributed by atoms with Crippen molar-refractivity contribution in [3.05, 3.63) is 61.9 Å². The second-order valence-corrected chi connectivity index (χ2v) is 6.93. The Morgan fingerprint density at radius 3 is 2.85 bits per heavy atom. The third kappa shape index (κ3) is 2.82. The first kappa shape index (κ1) is 13.5. The molecule has 0 aliphatic heterocycles. The number of rotatable bonds is 3. The van der Waals surface area contributed by atoms with Gasteiger partial charge in [-0.3, -0.25) is 9.59 Å². The Morgan fingerprint density at radius 2 is 2.05 bits per heavy atom. The van der Waals surface area contributed by atoms with Crippen LogP contribution in [-0.4, -0.2) is 9.97 Å². The maximum atomic E-state index is 11.2. The first-order valence-electron chi connectivity index (χ1n) is 5.74. The predicted octanol–water partition coefficient (Wildman–Crippen LogP) is 3.22. The number of aromatic nitrogens is 2. The number of thiophene rings is 1. The van der Waals surface area contributed by atoms with Gasteiger partial charge in [0.05, 0.1) is 4.21 Å². The third-order valence-electron chi connectivity index (χ3n) is 2.68. The topological polar surface area (TPSA) is 65.7 Å². The van der Waals surface area contributed by atoms with Crippen molar-refractivity contribution in [1.29, 1.82) is 0 Å². The number of thioether (sulfide) groups is 1. The third-order valence-corrected chi connectivity index (χ3v) is 5.29. The maximum Gasteiger partial charge on any atom is 0.313 e. The molecular weight excluding hydrogens is 316 g/mol. The smallest absolute Gasteiger partial charge is 0.313 e. The number of H-pyrrole nitrogens is 2. The summed E-state index contributed by atoms with van der Waals surface area (Å²) in [7, 11) is 0. The molecule has 3 aromatic rings. The van der Waals surface area contributed by atoms with Crippen LogP contribution in [0.5, 0.6) is 0 Å². The summed E-state index contributed by atoms with van der Waals surface area (Å²) in [6.45, 7) is 0. The number of nitrogens with one attached hydrogen (secondary N) is 2. The Balaban J connectivity index is 1.81. The summed E-state index contributed by atoms with van der Waals surface area (Å²) in [5, 5.41) is 1.83. The standard InChI is InChI=1S/C13H9ClN2O2S2/c14-8-1-2-10-7(3-8)4-11(20-10)19-6-9-5-15-12(17)13(18)16-9/h1-5H,6H2,(H,15,17)(H,16,18). The van der Waals surface area contributed by atoms with Gasteiger partial charge < -0.3 is 9.97 Å². The molecule has 0 saturated carbocycles. The minimum Gasteiger partial charge on any atom is -0.323 e. The Morgan fingerprint density at radius 1 is 1.20 bits per heavy atom. The van der Waals surface area contributed by atoms with Crippen LogP contribution in [0.15, 0.2) is 44.3 Å². The Bertz CT molecular complexity index is 882. The van der Waals surface area contributed by atoms with Crippen LogP contribution in [-0.2, 0) is 5.75 Å². The first-order valence-corrected chi connectivity index (χ1v) is 7.92. The van der Waals surface area contributed by atoms with Crippen LogP contribution in [0.1, 0.15) is 5.69 Å². The quantitative estimate of drug-likeness (QED) is 0.574. The molecule has 0 fully saturated rings. The SMILES string of the molecule is O=c1[nH]cc(CSc2cc3cc(Cl)ccc3s2)[nH]c1=O. The molecule has 0 aliphatic rings. The minimum atomic E-state index is -0.629. The maximum absolute atomic E-state index is 11.2. The average molecular weight is 325 g/mol. The van der Waals surface area contributed by atoms with Gasteiger partial charge in [-0.05, 0) is 29.7 Å². The molecule has 0 radical (unpaired) electrons. The number of fused-ring (bicyclic) bond motifs is 1. The summed E-state index contributed by atoms with van der Waals surface area (Å²) in [5.74, 6) is 0.590. The van der Waals surface area contributed by atoms with E-state index in [1.54, 1.807) is 23.1 Å². The second-order valence-electron chi connectivity index (χ2n) is 4.13. The van der Waals surface area contributed by atoms with Gasteiger partial charge in [0.15, 0.2) is 0 Å². The Kier molecular flexibility index (Phi) is 3.69. The van der Waals surface area contributed by atoms with E-state index in [2.05, 4.69) is 16.0 Å². The fraction of sp³-hybridized carbons (Fsp3) is 0.0769. The highest BCUT2D eigenvalue weighted by atomic mass is 35.5. The summed E-state index contributed by atoms with van der Waals surface area (Å²) in [6, 6.07) is 7.86. The van der Waals surface area contributed by atoms with E-state index in [1.807, 2.05) is 18.2 Å². The van der Waals surface area contributed by atoms with Gasteiger partial charge in [0.2, 0.25) is 0 Å². The molecule has 0 bridgehead atoms. The summed E-state index contributed by atoms with van der Waals surface area (Å²) in [4.78, 5) is 27.2. The van der Waals surface area contributed by atoms with Gasteiger partial charge in [0.25, 0.3) is 0 Å². The number of benzene rings is 1. The number of aromatic amines is 2. The fourth-order valence-corrected chi connectivity index (χ4v) is 4.04. The second kappa shape index (κ2) is 5.47. The molecule has 0 aliphatic carbocycles. The largest absolute Gasteiger partial charge is 0.323 e. The molecule has 1 aromatic carbocycles. The molecule has 0 unspecified atom stereocenters. The molecule has 0 atom stereocenters. The zero-order valence-electron chi connectivity index (χ0n) is 10.1. The van der Waals surface area contributed by atoms with Crippen molar-refractivity contribution >= 4 is 44.8 Å². The van der Waals surface area contributed by atoms with E-state index in [9.17, 15) is 9.59 Å². The van der Waals surface area contributed by atoms with Gasteiger partial charge >= 0.3 is 11.1 Å². The van der Waals surface area contributed by atoms with Crippen LogP contribution in [0, 0.1) is 0 Å². The Hall–Kier alpha value is -1.50. The molecule has 7 heteroatoms. The minimum absolute atomic E-state index is 0.590. The van der Waals surface area contributed by atoms with Gasteiger partial charge in [-0.2, -0.15) is 0 Å². The zero-order chi connectivity index (χ0) is 14.1. The normalized spacial score (nSPS) is 11.1. The van der Waals surface area contributed by atoms with Crippen molar-refractivity contribution in [3.8, 4) is 0 Å². The summed E-state index contributed by atoms with van der Waals surface area (Å²) >= 11 is 9.23. The fourth-order valence-electron chi connectivity index (χ4n) is 1.74. The summed E-state index contributed by atoms with van der Waals surface area (Å²) in [6.07, 6.45) is 1.53. The molecule has 3 rings (SSSR count). The van der Waals surface area contributed by atoms with E-state index < -0.39 is 11.1 Å². The lowest BCUT2D eigenvalue weighted by Crippen LogP contribution is -2.29. The van der Waals surface area contributed by atoms with Crippen LogP contribution in [0.3, 0.4) is 0 Å². The van der Waals surface area contributed by atoms with Crippen LogP contribution in [0.25, 0.3) is 10.1 Å². The summed E-state index contributed by atoms with van der Waals surface area (Å²) < 4.78 is 2.31. The van der Waals surface area contributed by atoms with E-state index in [-0.39, 0.29) is 0 Å². The molecule has 0 saturated heterocycles. The lowest BCUT2D eigenvalue weighted by atomic mass is 10.3. The van der Waals surface area contributed by atoms with Crippen molar-refractivity contribution in [3.63, 3.8) is 0 Å². The van der Waals surface area contributed by atoms with Gasteiger partial charge in [0, 0.05) is 27.4 Å². The monoisotopic (exact) mass is 324 g/mol. The lowest BCUT2D eigenvalue weighted by Gasteiger charge is -1.98. The first-order chi connectivity index (χ1) is 9.61. The van der Waals surface area contributed by atoms with Gasteiger partial charge in [-0.25, -0.2) is 0 Å². The molecule has 0 spiro atoms. The number of hydrogen-bond donors (Lipinski definition) is 2. The van der Waals surface area contributed by atoms with E-state index in [0.717, 1.165) is 14.6 Å². The number of hydrogen-bond acceptors (Lipinski definition) is 4. The highest BCUT2D eigenvalue weighted by Gasteiger charge is 2.04. The van der Waals surface area contributed by atoms with Gasteiger partial charge in [0.1, 0.15) is 0 Å². The molecule has 2 heterocycles. The van der Waals surface area contributed by atoms with Crippen LogP contribution < -0.4 is 11.1 Å². The van der Waals surface area contributed by atoms with Crippen LogP contribution in [0.4, 0.5) is 0 Å². The van der Waals surface area contributed by atoms with Crippen molar-refractivity contribution < 1.29 is 0 Å². The van der Waals surface area contributed by atoms with E-state index >= 15 is 0 Å². The lowest BCUT2D eigenvalue weighted by molar-refractivity contribution is 1.01. The molecule has 102 valence electrons. The van der Waals surface area contributed by atoms with E-state index in [4.69, 9.17) is 11.6 Å². The molecule has 2 N–H and O–H groups in total. The summed E-state index contributed by atoms with van der Waals surface area (Å²) in [5.41, 5.74) is -0.559. The van der Waals surface area contributed by atoms with Crippen molar-refractivity contribution in [1.82, 2.24) is 9.97 Å². The average Bonchev–Trinajstić information content (AvgIpc) is 2.82. The molecule has 4 nitrogen and oxygen atoms in total. The van der Waals surface area contributed by atoms with Crippen LogP contribution >= 0.6 is 34.7 Å². The van der Waals surface area contributed by atoms with E-state index in [1.165, 1.54) is 10.9 Å². The number of halogens is 1. The highest BCUT2D eigenvalue weighted by molar-refractivity contribution is 8.00. The highest BCUT2D eigenvalue weighted by Crippen LogP contribution is 2.35. The van der Waals surface area contributed by atoms with Crippen molar-refractivity contribution in [2.75, 3.05) is 0 Å². The van der Waals surface area contributed by atoms with Crippen molar-refractivity contribution in [2.24, 2.45) is 0 Å². The zero-order valence-corrected chi connectivity index (χ0v) is 12.5. The van der Waals surface area contributed by atoms with E-state index in [0.29, 0.717) is 11.4 Å². The molecule has 0 amide bonds. The molecule has 2 aromatic heterocycles. The van der Waals surface area contributed by atoms with Crippen LogP contribution in [0.2, 0.25) is 5.02 Å². The van der Waals surface area contributed by atoms with Gasteiger partial charge in [-0.1, -0.05) is 11.6 Å². The molecule has 20 heavy (non-hydrogen) atoms.